The molecule has 4 rings (SSSR count). The Morgan fingerprint density at radius 3 is 2.12 bits per heavy atom. The Balaban J connectivity index is 1.39. The summed E-state index contributed by atoms with van der Waals surface area (Å²) >= 11 is 0. The predicted octanol–water partition coefficient (Wildman–Crippen LogP) is 2.36. The van der Waals surface area contributed by atoms with Crippen molar-refractivity contribution < 1.29 is 21.6 Å². The van der Waals surface area contributed by atoms with Crippen molar-refractivity contribution in [1.29, 1.82) is 0 Å². The molecule has 11 heteroatoms. The summed E-state index contributed by atoms with van der Waals surface area (Å²) in [6.45, 7) is 4.55. The van der Waals surface area contributed by atoms with Crippen LogP contribution in [0.2, 0.25) is 0 Å². The highest BCUT2D eigenvalue weighted by Gasteiger charge is 2.31. The van der Waals surface area contributed by atoms with Gasteiger partial charge in [0.05, 0.1) is 5.56 Å². The van der Waals surface area contributed by atoms with Gasteiger partial charge < -0.3 is 14.7 Å². The summed E-state index contributed by atoms with van der Waals surface area (Å²) in [5, 5.41) is 0. The van der Waals surface area contributed by atoms with Crippen LogP contribution < -0.4 is 9.80 Å². The maximum absolute atomic E-state index is 13.0. The number of piperazine rings is 2. The van der Waals surface area contributed by atoms with Gasteiger partial charge in [0.25, 0.3) is 0 Å². The molecule has 0 N–H and O–H groups in total. The molecule has 0 saturated carbocycles. The second-order valence-electron chi connectivity index (χ2n) is 8.08. The lowest BCUT2D eigenvalue weighted by Gasteiger charge is -2.37. The maximum atomic E-state index is 13.0. The summed E-state index contributed by atoms with van der Waals surface area (Å²) in [7, 11) is -1.60. The van der Waals surface area contributed by atoms with Crippen molar-refractivity contribution in [2.45, 2.75) is 11.1 Å². The lowest BCUT2D eigenvalue weighted by molar-refractivity contribution is -0.137. The monoisotopic (exact) mass is 469 g/mol. The Hall–Kier alpha value is -2.37. The number of rotatable bonds is 4. The van der Waals surface area contributed by atoms with E-state index in [0.717, 1.165) is 6.07 Å². The van der Waals surface area contributed by atoms with Crippen molar-refractivity contribution in [2.24, 2.45) is 0 Å². The van der Waals surface area contributed by atoms with E-state index in [4.69, 9.17) is 0 Å². The van der Waals surface area contributed by atoms with E-state index in [1.807, 2.05) is 16.8 Å². The molecule has 32 heavy (non-hydrogen) atoms. The molecule has 0 radical (unpaired) electrons. The second-order valence-corrected chi connectivity index (χ2v) is 10.0. The van der Waals surface area contributed by atoms with Gasteiger partial charge in [0.2, 0.25) is 10.0 Å². The van der Waals surface area contributed by atoms with Crippen molar-refractivity contribution in [2.75, 3.05) is 69.2 Å². The number of aromatic nitrogens is 1. The highest BCUT2D eigenvalue weighted by Crippen LogP contribution is 2.32. The third-order valence-electron chi connectivity index (χ3n) is 5.96. The van der Waals surface area contributed by atoms with Gasteiger partial charge in [-0.25, -0.2) is 13.4 Å². The molecule has 0 aliphatic carbocycles. The minimum atomic E-state index is -4.37. The highest BCUT2D eigenvalue weighted by atomic mass is 32.2. The molecule has 2 aromatic rings. The Labute approximate surface area is 186 Å². The fourth-order valence-corrected chi connectivity index (χ4v) is 5.33. The van der Waals surface area contributed by atoms with E-state index < -0.39 is 21.8 Å². The van der Waals surface area contributed by atoms with Gasteiger partial charge in [0.15, 0.2) is 0 Å². The topological polar surface area (TPSA) is 60.0 Å². The first-order chi connectivity index (χ1) is 15.1. The Morgan fingerprint density at radius 2 is 1.53 bits per heavy atom. The zero-order chi connectivity index (χ0) is 22.9. The summed E-state index contributed by atoms with van der Waals surface area (Å²) in [6.07, 6.45) is -2.98. The number of hydrogen-bond acceptors (Lipinski definition) is 6. The number of anilines is 2. The first-order valence-corrected chi connectivity index (χ1v) is 11.9. The Bertz CT molecular complexity index is 1030. The molecule has 3 heterocycles. The third-order valence-corrected chi connectivity index (χ3v) is 7.85. The SMILES string of the molecule is CN1CCN(S(=O)(=O)c2ccc(N3CCN(c4cccc(C(F)(F)F)c4)CC3)nc2)CC1. The number of halogens is 3. The zero-order valence-corrected chi connectivity index (χ0v) is 18.6. The Morgan fingerprint density at radius 1 is 0.875 bits per heavy atom. The largest absolute Gasteiger partial charge is 0.416 e. The highest BCUT2D eigenvalue weighted by molar-refractivity contribution is 7.89. The normalized spacial score (nSPS) is 19.4. The molecule has 2 aliphatic rings. The number of alkyl halides is 3. The molecule has 0 unspecified atom stereocenters. The van der Waals surface area contributed by atoms with Gasteiger partial charge in [-0.3, -0.25) is 0 Å². The van der Waals surface area contributed by atoms with E-state index in [1.165, 1.54) is 22.6 Å². The molecule has 2 aliphatic heterocycles. The van der Waals surface area contributed by atoms with Crippen LogP contribution in [-0.4, -0.2) is 82.0 Å². The number of benzene rings is 1. The van der Waals surface area contributed by atoms with Crippen molar-refractivity contribution in [3.63, 3.8) is 0 Å². The van der Waals surface area contributed by atoms with Gasteiger partial charge in [0.1, 0.15) is 10.7 Å². The quantitative estimate of drug-likeness (QED) is 0.685. The maximum Gasteiger partial charge on any atom is 0.416 e. The van der Waals surface area contributed by atoms with E-state index in [9.17, 15) is 21.6 Å². The van der Waals surface area contributed by atoms with Crippen molar-refractivity contribution in [3.8, 4) is 0 Å². The van der Waals surface area contributed by atoms with Crippen molar-refractivity contribution in [1.82, 2.24) is 14.2 Å². The van der Waals surface area contributed by atoms with Gasteiger partial charge >= 0.3 is 6.18 Å². The molecule has 7 nitrogen and oxygen atoms in total. The van der Waals surface area contributed by atoms with E-state index in [0.29, 0.717) is 63.9 Å². The van der Waals surface area contributed by atoms with Gasteiger partial charge in [-0.05, 0) is 37.4 Å². The molecule has 1 aromatic carbocycles. The van der Waals surface area contributed by atoms with Crippen LogP contribution in [-0.2, 0) is 16.2 Å². The molecule has 0 spiro atoms. The standard InChI is InChI=1S/C21H26F3N5O2S/c1-26-7-13-29(14-8-26)32(30,31)19-5-6-20(25-16-19)28-11-9-27(10-12-28)18-4-2-3-17(15-18)21(22,23)24/h2-6,15-16H,7-14H2,1H3. The number of hydrogen-bond donors (Lipinski definition) is 0. The minimum absolute atomic E-state index is 0.174. The predicted molar refractivity (Wildman–Crippen MR) is 116 cm³/mol. The number of nitrogens with zero attached hydrogens (tertiary/aromatic N) is 5. The molecule has 0 amide bonds. The molecular weight excluding hydrogens is 443 g/mol. The van der Waals surface area contributed by atoms with E-state index in [2.05, 4.69) is 9.88 Å². The molecule has 174 valence electrons. The molecule has 2 fully saturated rings. The van der Waals surface area contributed by atoms with Crippen LogP contribution >= 0.6 is 0 Å². The van der Waals surface area contributed by atoms with Crippen LogP contribution in [0.4, 0.5) is 24.7 Å². The van der Waals surface area contributed by atoms with Crippen molar-refractivity contribution >= 4 is 21.5 Å². The molecule has 0 atom stereocenters. The van der Waals surface area contributed by atoms with E-state index in [-0.39, 0.29) is 4.90 Å². The van der Waals surface area contributed by atoms with Crippen molar-refractivity contribution in [3.05, 3.63) is 48.2 Å². The molecule has 0 bridgehead atoms. The zero-order valence-electron chi connectivity index (χ0n) is 17.8. The summed E-state index contributed by atoms with van der Waals surface area (Å²) in [4.78, 5) is 10.6. The smallest absolute Gasteiger partial charge is 0.368 e. The fourth-order valence-electron chi connectivity index (χ4n) is 3.96. The van der Waals surface area contributed by atoms with Crippen LogP contribution in [0.3, 0.4) is 0 Å². The number of pyridine rings is 1. The van der Waals surface area contributed by atoms with Gasteiger partial charge in [-0.1, -0.05) is 6.07 Å². The molecule has 2 saturated heterocycles. The van der Waals surface area contributed by atoms with E-state index in [1.54, 1.807) is 18.2 Å². The molecular formula is C21H26F3N5O2S. The Kier molecular flexibility index (Phi) is 6.33. The minimum Gasteiger partial charge on any atom is -0.368 e. The lowest BCUT2D eigenvalue weighted by Crippen LogP contribution is -2.47. The van der Waals surface area contributed by atoms with Gasteiger partial charge in [-0.2, -0.15) is 17.5 Å². The summed E-state index contributed by atoms with van der Waals surface area (Å²) in [5.74, 6) is 0.658. The van der Waals surface area contributed by atoms with Gasteiger partial charge in [0, 0.05) is 64.2 Å². The second kappa shape index (κ2) is 8.87. The first kappa shape index (κ1) is 22.8. The van der Waals surface area contributed by atoms with Crippen LogP contribution in [0.15, 0.2) is 47.5 Å². The van der Waals surface area contributed by atoms with Crippen LogP contribution in [0.1, 0.15) is 5.56 Å². The average molecular weight is 470 g/mol. The van der Waals surface area contributed by atoms with Crippen LogP contribution in [0.5, 0.6) is 0 Å². The number of sulfonamides is 1. The van der Waals surface area contributed by atoms with E-state index >= 15 is 0 Å². The summed E-state index contributed by atoms with van der Waals surface area (Å²) in [5.41, 5.74) is -0.114. The summed E-state index contributed by atoms with van der Waals surface area (Å²) < 4.78 is 66.1. The average Bonchev–Trinajstić information content (AvgIpc) is 2.79. The van der Waals surface area contributed by atoms with Crippen LogP contribution in [0.25, 0.3) is 0 Å². The van der Waals surface area contributed by atoms with Crippen LogP contribution in [0, 0.1) is 0 Å². The molecule has 1 aromatic heterocycles. The first-order valence-electron chi connectivity index (χ1n) is 10.5. The summed E-state index contributed by atoms with van der Waals surface area (Å²) in [6, 6.07) is 8.62. The lowest BCUT2D eigenvalue weighted by atomic mass is 10.1. The fraction of sp³-hybridized carbons (Fsp3) is 0.476. The number of likely N-dealkylation sites (N-methyl/N-ethyl adjacent to an activating group) is 1. The third kappa shape index (κ3) is 4.84. The van der Waals surface area contributed by atoms with Gasteiger partial charge in [-0.15, -0.1) is 0 Å².